The lowest BCUT2D eigenvalue weighted by atomic mass is 10.2. The van der Waals surface area contributed by atoms with Crippen molar-refractivity contribution in [1.29, 1.82) is 0 Å². The fraction of sp³-hybridized carbons (Fsp3) is 0.348. The van der Waals surface area contributed by atoms with Gasteiger partial charge in [0, 0.05) is 22.7 Å². The van der Waals surface area contributed by atoms with Crippen molar-refractivity contribution in [3.63, 3.8) is 0 Å². The molecule has 1 aromatic heterocycles. The van der Waals surface area contributed by atoms with Crippen LogP contribution in [0.2, 0.25) is 5.02 Å². The molecule has 1 N–H and O–H groups in total. The molecule has 2 aromatic carbocycles. The van der Waals surface area contributed by atoms with Crippen LogP contribution in [0, 0.1) is 0 Å². The molecule has 0 unspecified atom stereocenters. The predicted molar refractivity (Wildman–Crippen MR) is 119 cm³/mol. The Labute approximate surface area is 181 Å². The quantitative estimate of drug-likeness (QED) is 0.613. The number of hydrogen-bond acceptors (Lipinski definition) is 3. The Morgan fingerprint density at radius 2 is 1.77 bits per heavy atom. The lowest BCUT2D eigenvalue weighted by Crippen LogP contribution is -2.44. The van der Waals surface area contributed by atoms with E-state index in [1.165, 1.54) is 0 Å². The molecule has 0 bridgehead atoms. The van der Waals surface area contributed by atoms with Crippen molar-refractivity contribution in [1.82, 2.24) is 19.8 Å². The van der Waals surface area contributed by atoms with Gasteiger partial charge in [0.15, 0.2) is 0 Å². The Balaban J connectivity index is 1.86. The molecule has 7 heteroatoms. The molecule has 6 nitrogen and oxygen atoms in total. The van der Waals surface area contributed by atoms with Crippen LogP contribution in [0.4, 0.5) is 0 Å². The minimum absolute atomic E-state index is 0.0190. The van der Waals surface area contributed by atoms with Crippen LogP contribution < -0.4 is 5.32 Å². The Hall–Kier alpha value is -2.86. The average Bonchev–Trinajstić information content (AvgIpc) is 3.03. The third kappa shape index (κ3) is 4.82. The van der Waals surface area contributed by atoms with Crippen LogP contribution in [0.15, 0.2) is 48.5 Å². The van der Waals surface area contributed by atoms with Gasteiger partial charge in [0.25, 0.3) is 5.91 Å². The van der Waals surface area contributed by atoms with Crippen LogP contribution in [0.3, 0.4) is 0 Å². The highest BCUT2D eigenvalue weighted by Crippen LogP contribution is 2.18. The SMILES string of the molecule is CC(C)N(C(=O)Cn1c(CNC(=O)c2cccc(Cl)c2)nc2ccccc21)C(C)C. The van der Waals surface area contributed by atoms with Crippen LogP contribution in [-0.2, 0) is 17.9 Å². The van der Waals surface area contributed by atoms with Gasteiger partial charge in [-0.3, -0.25) is 9.59 Å². The summed E-state index contributed by atoms with van der Waals surface area (Å²) in [4.78, 5) is 32.1. The summed E-state index contributed by atoms with van der Waals surface area (Å²) in [5.41, 5.74) is 2.13. The Morgan fingerprint density at radius 3 is 2.43 bits per heavy atom. The number of aromatic nitrogens is 2. The molecule has 30 heavy (non-hydrogen) atoms. The maximum absolute atomic E-state index is 13.1. The molecule has 0 aliphatic rings. The minimum Gasteiger partial charge on any atom is -0.345 e. The molecule has 0 saturated carbocycles. The van der Waals surface area contributed by atoms with Gasteiger partial charge in [0.05, 0.1) is 17.6 Å². The summed E-state index contributed by atoms with van der Waals surface area (Å²) in [5, 5.41) is 3.39. The summed E-state index contributed by atoms with van der Waals surface area (Å²) in [5.74, 6) is 0.409. The molecule has 1 heterocycles. The first-order valence-electron chi connectivity index (χ1n) is 10.1. The van der Waals surface area contributed by atoms with Crippen molar-refractivity contribution in [2.45, 2.75) is 52.9 Å². The van der Waals surface area contributed by atoms with Gasteiger partial charge in [-0.05, 0) is 58.0 Å². The van der Waals surface area contributed by atoms with Gasteiger partial charge in [0.2, 0.25) is 5.91 Å². The van der Waals surface area contributed by atoms with Gasteiger partial charge in [-0.1, -0.05) is 29.8 Å². The first-order chi connectivity index (χ1) is 14.3. The molecular weight excluding hydrogens is 400 g/mol. The molecule has 3 aromatic rings. The van der Waals surface area contributed by atoms with Gasteiger partial charge < -0.3 is 14.8 Å². The number of benzene rings is 2. The number of hydrogen-bond donors (Lipinski definition) is 1. The Morgan fingerprint density at radius 1 is 1.07 bits per heavy atom. The first-order valence-corrected chi connectivity index (χ1v) is 10.4. The highest BCUT2D eigenvalue weighted by atomic mass is 35.5. The van der Waals surface area contributed by atoms with E-state index < -0.39 is 0 Å². The van der Waals surface area contributed by atoms with Crippen molar-refractivity contribution < 1.29 is 9.59 Å². The number of rotatable bonds is 7. The van der Waals surface area contributed by atoms with Crippen LogP contribution in [0.5, 0.6) is 0 Å². The lowest BCUT2D eigenvalue weighted by molar-refractivity contribution is -0.135. The van der Waals surface area contributed by atoms with Crippen molar-refractivity contribution in [3.05, 3.63) is 64.9 Å². The molecule has 0 saturated heterocycles. The molecule has 3 rings (SSSR count). The van der Waals surface area contributed by atoms with Gasteiger partial charge >= 0.3 is 0 Å². The van der Waals surface area contributed by atoms with E-state index in [9.17, 15) is 9.59 Å². The van der Waals surface area contributed by atoms with E-state index in [4.69, 9.17) is 11.6 Å². The van der Waals surface area contributed by atoms with E-state index in [2.05, 4.69) is 10.3 Å². The molecule has 158 valence electrons. The van der Waals surface area contributed by atoms with Gasteiger partial charge in [0.1, 0.15) is 12.4 Å². The molecule has 0 aliphatic carbocycles. The molecule has 0 aliphatic heterocycles. The second-order valence-electron chi connectivity index (χ2n) is 7.78. The summed E-state index contributed by atoms with van der Waals surface area (Å²) in [6, 6.07) is 14.6. The van der Waals surface area contributed by atoms with Crippen LogP contribution in [0.1, 0.15) is 43.9 Å². The van der Waals surface area contributed by atoms with Gasteiger partial charge in [-0.2, -0.15) is 0 Å². The highest BCUT2D eigenvalue weighted by Gasteiger charge is 2.22. The molecule has 0 atom stereocenters. The number of carbonyl (C=O) groups excluding carboxylic acids is 2. The monoisotopic (exact) mass is 426 g/mol. The summed E-state index contributed by atoms with van der Waals surface area (Å²) in [7, 11) is 0. The zero-order valence-corrected chi connectivity index (χ0v) is 18.5. The topological polar surface area (TPSA) is 67.2 Å². The zero-order valence-electron chi connectivity index (χ0n) is 17.7. The number of amides is 2. The lowest BCUT2D eigenvalue weighted by Gasteiger charge is -2.31. The largest absolute Gasteiger partial charge is 0.345 e. The number of halogens is 1. The second kappa shape index (κ2) is 9.30. The number of nitrogens with zero attached hydrogens (tertiary/aromatic N) is 3. The molecule has 2 amide bonds. The van der Waals surface area contributed by atoms with Gasteiger partial charge in [-0.15, -0.1) is 0 Å². The smallest absolute Gasteiger partial charge is 0.251 e. The number of fused-ring (bicyclic) bond motifs is 1. The van der Waals surface area contributed by atoms with E-state index in [1.807, 2.05) is 61.4 Å². The van der Waals surface area contributed by atoms with Crippen LogP contribution in [-0.4, -0.2) is 38.3 Å². The van der Waals surface area contributed by atoms with Gasteiger partial charge in [-0.25, -0.2) is 4.98 Å². The zero-order chi connectivity index (χ0) is 21.8. The molecular formula is C23H27ClN4O2. The summed E-state index contributed by atoms with van der Waals surface area (Å²) in [6.07, 6.45) is 0. The van der Waals surface area contributed by atoms with E-state index >= 15 is 0 Å². The number of para-hydroxylation sites is 2. The summed E-state index contributed by atoms with van der Waals surface area (Å²) >= 11 is 5.98. The third-order valence-electron chi connectivity index (χ3n) is 4.92. The highest BCUT2D eigenvalue weighted by molar-refractivity contribution is 6.30. The van der Waals surface area contributed by atoms with E-state index in [-0.39, 0.29) is 37.0 Å². The standard InChI is InChI=1S/C23H27ClN4O2/c1-15(2)28(16(3)4)22(29)14-27-20-11-6-5-10-19(20)26-21(27)13-25-23(30)17-8-7-9-18(24)12-17/h5-12,15-16H,13-14H2,1-4H3,(H,25,30). The van der Waals surface area contributed by atoms with Crippen molar-refractivity contribution in [3.8, 4) is 0 Å². The number of carbonyl (C=O) groups is 2. The normalized spacial score (nSPS) is 11.3. The maximum atomic E-state index is 13.1. The Bertz CT molecular complexity index is 1050. The third-order valence-corrected chi connectivity index (χ3v) is 5.16. The van der Waals surface area contributed by atoms with Crippen molar-refractivity contribution >= 4 is 34.4 Å². The van der Waals surface area contributed by atoms with Crippen molar-refractivity contribution in [2.75, 3.05) is 0 Å². The number of nitrogens with one attached hydrogen (secondary N) is 1. The Kier molecular flexibility index (Phi) is 6.77. The average molecular weight is 427 g/mol. The molecule has 0 radical (unpaired) electrons. The fourth-order valence-corrected chi connectivity index (χ4v) is 3.91. The van der Waals surface area contributed by atoms with Crippen molar-refractivity contribution in [2.24, 2.45) is 0 Å². The fourth-order valence-electron chi connectivity index (χ4n) is 3.72. The van der Waals surface area contributed by atoms with E-state index in [1.54, 1.807) is 24.3 Å². The first kappa shape index (κ1) is 21.8. The van der Waals surface area contributed by atoms with Crippen LogP contribution >= 0.6 is 11.6 Å². The maximum Gasteiger partial charge on any atom is 0.251 e. The van der Waals surface area contributed by atoms with Crippen LogP contribution in [0.25, 0.3) is 11.0 Å². The number of imidazole rings is 1. The van der Waals surface area contributed by atoms with E-state index in [0.29, 0.717) is 16.4 Å². The molecule has 0 spiro atoms. The second-order valence-corrected chi connectivity index (χ2v) is 8.22. The predicted octanol–water partition coefficient (Wildman–Crippen LogP) is 4.27. The molecule has 0 fully saturated rings. The summed E-state index contributed by atoms with van der Waals surface area (Å²) < 4.78 is 1.88. The summed E-state index contributed by atoms with van der Waals surface area (Å²) in [6.45, 7) is 8.41. The van der Waals surface area contributed by atoms with E-state index in [0.717, 1.165) is 11.0 Å². The minimum atomic E-state index is -0.242.